The number of nitrogens with zero attached hydrogens (tertiary/aromatic N) is 1. The van der Waals surface area contributed by atoms with Gasteiger partial charge in [-0.25, -0.2) is 9.59 Å². The molecule has 4 aromatic rings. The first-order valence-corrected chi connectivity index (χ1v) is 19.4. The summed E-state index contributed by atoms with van der Waals surface area (Å²) in [5.74, 6) is -4.10. The van der Waals surface area contributed by atoms with E-state index in [9.17, 15) is 42.3 Å². The number of fused-ring (bicyclic) bond motifs is 2. The van der Waals surface area contributed by atoms with Crippen molar-refractivity contribution in [1.82, 2.24) is 0 Å². The average Bonchev–Trinajstić information content (AvgIpc) is 3.78. The number of aromatic hydroxyl groups is 1. The number of aliphatic carboxylic acids is 1. The maximum absolute atomic E-state index is 12.7. The number of phenols is 1. The minimum atomic E-state index is -5.08. The average molecular weight is 940 g/mol. The Bertz CT molecular complexity index is 2150. The Kier molecular flexibility index (Phi) is 22.9. The normalized spacial score (nSPS) is 11.8. The molecule has 2 aromatic heterocycles. The van der Waals surface area contributed by atoms with Crippen LogP contribution in [0.2, 0.25) is 0 Å². The van der Waals surface area contributed by atoms with Gasteiger partial charge in [-0.1, -0.05) is 20.8 Å². The van der Waals surface area contributed by atoms with E-state index in [0.717, 1.165) is 32.2 Å². The fourth-order valence-electron chi connectivity index (χ4n) is 4.99. The number of ketones is 2. The highest BCUT2D eigenvalue weighted by atomic mass is 32.1. The van der Waals surface area contributed by atoms with Crippen molar-refractivity contribution in [3.63, 3.8) is 0 Å². The second kappa shape index (κ2) is 24.8. The van der Waals surface area contributed by atoms with E-state index in [0.29, 0.717) is 21.2 Å². The molecule has 0 saturated heterocycles. The number of amides is 1. The van der Waals surface area contributed by atoms with Crippen LogP contribution >= 0.6 is 49.7 Å². The molecule has 2 heterocycles. The van der Waals surface area contributed by atoms with Gasteiger partial charge in [0.15, 0.2) is 18.4 Å². The topological polar surface area (TPSA) is 192 Å². The number of anilines is 1. The van der Waals surface area contributed by atoms with Crippen molar-refractivity contribution in [1.29, 1.82) is 0 Å². The van der Waals surface area contributed by atoms with E-state index in [2.05, 4.69) is 4.74 Å². The van der Waals surface area contributed by atoms with Crippen molar-refractivity contribution in [2.24, 2.45) is 11.8 Å². The first-order chi connectivity index (χ1) is 27.4. The van der Waals surface area contributed by atoms with Crippen LogP contribution < -0.4 is 9.64 Å². The lowest BCUT2D eigenvalue weighted by Gasteiger charge is -2.26. The van der Waals surface area contributed by atoms with Crippen LogP contribution in [0.5, 0.6) is 11.5 Å². The lowest BCUT2D eigenvalue weighted by molar-refractivity contribution is -0.192. The molecule has 0 saturated carbocycles. The van der Waals surface area contributed by atoms with Crippen LogP contribution in [0.25, 0.3) is 20.2 Å². The number of esters is 2. The zero-order chi connectivity index (χ0) is 45.0. The molecule has 4 rings (SSSR count). The summed E-state index contributed by atoms with van der Waals surface area (Å²) in [5, 5.41) is 18.6. The van der Waals surface area contributed by atoms with E-state index in [1.54, 1.807) is 72.0 Å². The molecule has 21 heteroatoms. The molecule has 2 atom stereocenters. The minimum Gasteiger partial charge on any atom is -0.508 e. The summed E-state index contributed by atoms with van der Waals surface area (Å²) >= 11 is 2.68. The number of carboxylic acids is 1. The predicted molar refractivity (Wildman–Crippen MR) is 237 cm³/mol. The molecule has 340 valence electrons. The highest BCUT2D eigenvalue weighted by Gasteiger charge is 2.38. The summed E-state index contributed by atoms with van der Waals surface area (Å²) in [5.41, 5.74) is 0.704. The zero-order valence-electron chi connectivity index (χ0n) is 35.2. The molecule has 61 heavy (non-hydrogen) atoms. The Morgan fingerprint density at radius 3 is 1.61 bits per heavy atom. The van der Waals surface area contributed by atoms with Crippen LogP contribution in [0.4, 0.5) is 23.7 Å². The number of aryl methyl sites for hydroxylation is 1. The first kappa shape index (κ1) is 56.4. The predicted octanol–water partition coefficient (Wildman–Crippen LogP) is 9.05. The molecule has 2 N–H and O–H groups in total. The van der Waals surface area contributed by atoms with Gasteiger partial charge < -0.3 is 33.9 Å². The van der Waals surface area contributed by atoms with Gasteiger partial charge in [-0.15, -0.1) is 22.7 Å². The van der Waals surface area contributed by atoms with Crippen molar-refractivity contribution in [3.8, 4) is 11.5 Å². The maximum Gasteiger partial charge on any atom is 0.490 e. The summed E-state index contributed by atoms with van der Waals surface area (Å²) < 4.78 is 58.9. The van der Waals surface area contributed by atoms with Crippen LogP contribution in [0.15, 0.2) is 36.4 Å². The highest BCUT2D eigenvalue weighted by molar-refractivity contribution is 7.59. The highest BCUT2D eigenvalue weighted by Crippen LogP contribution is 2.38. The largest absolute Gasteiger partial charge is 0.508 e. The third-order valence-electron chi connectivity index (χ3n) is 8.04. The number of alkyl halides is 3. The van der Waals surface area contributed by atoms with Gasteiger partial charge in [0.1, 0.15) is 17.1 Å². The molecule has 0 spiro atoms. The van der Waals surface area contributed by atoms with Crippen LogP contribution in [-0.2, 0) is 39.8 Å². The molecule has 0 aliphatic rings. The van der Waals surface area contributed by atoms with E-state index in [1.165, 1.54) is 48.9 Å². The van der Waals surface area contributed by atoms with Crippen LogP contribution in [-0.4, -0.2) is 92.7 Å². The van der Waals surface area contributed by atoms with Crippen molar-refractivity contribution >= 4 is 111 Å². The Hall–Kier alpha value is -4.57. The van der Waals surface area contributed by atoms with Crippen LogP contribution in [0, 0.1) is 11.8 Å². The van der Waals surface area contributed by atoms with E-state index in [1.807, 2.05) is 13.0 Å². The molecule has 2 aromatic carbocycles. The fraction of sp³-hybridized carbons (Fsp3) is 0.450. The molecular formula is C40H52F3NO13S4. The minimum absolute atomic E-state index is 0. The summed E-state index contributed by atoms with van der Waals surface area (Å²) in [6.45, 7) is 10.7. The van der Waals surface area contributed by atoms with E-state index in [4.69, 9.17) is 28.8 Å². The van der Waals surface area contributed by atoms with Crippen molar-refractivity contribution in [3.05, 3.63) is 51.7 Å². The molecular weight excluding hydrogens is 888 g/mol. The van der Waals surface area contributed by atoms with Gasteiger partial charge in [0, 0.05) is 36.4 Å². The number of benzene rings is 2. The quantitative estimate of drug-likeness (QED) is 0.0559. The Labute approximate surface area is 373 Å². The van der Waals surface area contributed by atoms with Crippen LogP contribution in [0.1, 0.15) is 79.3 Å². The lowest BCUT2D eigenvalue weighted by atomic mass is 10.0. The number of Topliss-reactive ketones (excluding diaryl/α,β-unsaturated/α-hetero) is 2. The zero-order valence-corrected chi connectivity index (χ0v) is 38.9. The molecule has 0 bridgehead atoms. The molecule has 0 fully saturated rings. The van der Waals surface area contributed by atoms with Gasteiger partial charge in [-0.05, 0) is 79.9 Å². The summed E-state index contributed by atoms with van der Waals surface area (Å²) in [7, 11) is 5.71. The maximum atomic E-state index is 12.7. The molecule has 0 aliphatic heterocycles. The third-order valence-corrected chi connectivity index (χ3v) is 10.3. The Morgan fingerprint density at radius 2 is 1.21 bits per heavy atom. The van der Waals surface area contributed by atoms with Crippen molar-refractivity contribution < 1.29 is 75.8 Å². The third kappa shape index (κ3) is 17.0. The summed E-state index contributed by atoms with van der Waals surface area (Å²) in [6, 6.07) is 10.6. The fourth-order valence-corrected chi connectivity index (χ4v) is 7.07. The first-order valence-electron chi connectivity index (χ1n) is 17.8. The van der Waals surface area contributed by atoms with E-state index in [-0.39, 0.29) is 69.9 Å². The number of thiophene rings is 2. The Balaban J connectivity index is 0.00000104. The molecule has 0 aliphatic carbocycles. The lowest BCUT2D eigenvalue weighted by Crippen LogP contribution is -2.34. The number of halogens is 3. The van der Waals surface area contributed by atoms with E-state index >= 15 is 0 Å². The number of methoxy groups -OCH3 is 3. The molecule has 1 amide bonds. The van der Waals surface area contributed by atoms with Gasteiger partial charge in [0.05, 0.1) is 41.5 Å². The number of phenolic OH excluding ortho intramolecular Hbond substituents is 1. The number of rotatable bonds is 13. The molecule has 0 unspecified atom stereocenters. The van der Waals surface area contributed by atoms with E-state index < -0.39 is 41.6 Å². The Morgan fingerprint density at radius 1 is 0.770 bits per heavy atom. The second-order valence-corrected chi connectivity index (χ2v) is 16.1. The van der Waals surface area contributed by atoms with Crippen molar-refractivity contribution in [2.75, 3.05) is 40.1 Å². The van der Waals surface area contributed by atoms with Crippen LogP contribution in [0.3, 0.4) is 0 Å². The molecule has 14 nitrogen and oxygen atoms in total. The summed E-state index contributed by atoms with van der Waals surface area (Å²) in [4.78, 5) is 71.8. The van der Waals surface area contributed by atoms with Gasteiger partial charge in [-0.3, -0.25) is 24.1 Å². The second-order valence-electron chi connectivity index (χ2n) is 13.9. The number of ether oxygens (including phenoxy) is 5. The number of hydrogen-bond donors (Lipinski definition) is 2. The number of hydrogen-bond acceptors (Lipinski definition) is 14. The summed E-state index contributed by atoms with van der Waals surface area (Å²) in [6.07, 6.45) is -4.69. The van der Waals surface area contributed by atoms with Gasteiger partial charge >= 0.3 is 30.2 Å². The SMILES string of the molecule is CCc1cc2sc(C(=O)C[C@H](C)C(=O)OC)cc2cc1O.COCOc1cc2cc(C(=O)C[C@H](C)C(=O)OC)sc2cc1N(C)C(=O)OC(C)(C)C.O=C(O)C(F)(F)F.S.S. The van der Waals surface area contributed by atoms with Gasteiger partial charge in [-0.2, -0.15) is 40.2 Å². The van der Waals surface area contributed by atoms with Gasteiger partial charge in [0.2, 0.25) is 0 Å². The smallest absolute Gasteiger partial charge is 0.490 e. The standard InChI is InChI=1S/C22H29NO7S.C16H18O4S.C2HF3O2.2H2S/c1-13(20(25)28-7)8-16(24)19-10-14-9-17(29-12-27-6)15(11-18(14)31-19)23(5)21(26)30-22(2,3)4;1-4-10-7-14-11(6-12(10)17)8-15(21-14)13(18)5-9(2)16(19)20-3;3-2(4,5)1(6)7;;/h9-11,13H,8,12H2,1-7H3;6-9,17H,4-5H2,1-3H3;(H,6,7);2*1H2/t13-;9-;;;/m00.../s1. The van der Waals surface area contributed by atoms with Crippen molar-refractivity contribution in [2.45, 2.75) is 72.6 Å². The molecule has 0 radical (unpaired) electrons. The number of carbonyl (C=O) groups excluding carboxylic acids is 5. The monoisotopic (exact) mass is 939 g/mol. The number of carbonyl (C=O) groups is 6. The van der Waals surface area contributed by atoms with Gasteiger partial charge in [0.25, 0.3) is 0 Å². The number of carboxylic acid groups (broad SMARTS) is 1.